The number of thiophene rings is 1. The Kier molecular flexibility index (Phi) is 4.25. The molecule has 0 saturated heterocycles. The van der Waals surface area contributed by atoms with Crippen molar-refractivity contribution >= 4 is 11.3 Å². The van der Waals surface area contributed by atoms with Crippen LogP contribution in [0.25, 0.3) is 0 Å². The quantitative estimate of drug-likeness (QED) is 0.737. The summed E-state index contributed by atoms with van der Waals surface area (Å²) in [4.78, 5) is 0. The van der Waals surface area contributed by atoms with Crippen LogP contribution in [0, 0.1) is 17.3 Å². The second kappa shape index (κ2) is 5.94. The molecule has 2 fully saturated rings. The molecule has 2 nitrogen and oxygen atoms in total. The fraction of sp³-hybridized carbons (Fsp3) is 0.750. The number of fused-ring (bicyclic) bond motifs is 1. The maximum Gasteiger partial charge on any atom is 0.0587 e. The van der Waals surface area contributed by atoms with E-state index < -0.39 is 0 Å². The van der Waals surface area contributed by atoms with Gasteiger partial charge in [-0.05, 0) is 71.7 Å². The van der Waals surface area contributed by atoms with Gasteiger partial charge in [0, 0.05) is 20.2 Å². The first-order valence-electron chi connectivity index (χ1n) is 7.52. The minimum Gasteiger partial charge on any atom is -0.383 e. The Hall–Kier alpha value is -0.380. The van der Waals surface area contributed by atoms with E-state index in [0.717, 1.165) is 25.0 Å². The van der Waals surface area contributed by atoms with Gasteiger partial charge in [-0.25, -0.2) is 0 Å². The van der Waals surface area contributed by atoms with Crippen LogP contribution in [0.4, 0.5) is 0 Å². The predicted molar refractivity (Wildman–Crippen MR) is 80.6 cm³/mol. The fourth-order valence-electron chi connectivity index (χ4n) is 3.82. The number of hydrogen-bond acceptors (Lipinski definition) is 3. The first-order chi connectivity index (χ1) is 9.31. The summed E-state index contributed by atoms with van der Waals surface area (Å²) < 4.78 is 5.13. The molecule has 0 radical (unpaired) electrons. The molecule has 1 aromatic heterocycles. The fourth-order valence-corrected chi connectivity index (χ4v) is 4.52. The molecule has 3 rings (SSSR count). The van der Waals surface area contributed by atoms with E-state index in [1.807, 2.05) is 11.3 Å². The minimum atomic E-state index is 0.573. The molecule has 2 aliphatic carbocycles. The molecule has 0 amide bonds. The Bertz CT molecular complexity index is 379. The van der Waals surface area contributed by atoms with Crippen LogP contribution in [0.1, 0.15) is 31.2 Å². The Labute approximate surface area is 120 Å². The lowest BCUT2D eigenvalue weighted by molar-refractivity contribution is 0.182. The van der Waals surface area contributed by atoms with Crippen molar-refractivity contribution in [2.24, 2.45) is 17.3 Å². The molecule has 0 spiro atoms. The van der Waals surface area contributed by atoms with Crippen molar-refractivity contribution in [3.05, 3.63) is 22.4 Å². The van der Waals surface area contributed by atoms with E-state index in [1.165, 1.54) is 44.2 Å². The molecule has 0 bridgehead atoms. The summed E-state index contributed by atoms with van der Waals surface area (Å²) in [5, 5.41) is 8.12. The lowest BCUT2D eigenvalue weighted by atomic mass is 9.78. The average Bonchev–Trinajstić information content (AvgIpc) is 2.85. The summed E-state index contributed by atoms with van der Waals surface area (Å²) in [6, 6.07) is 2.28. The molecule has 2 unspecified atom stereocenters. The first kappa shape index (κ1) is 13.6. The number of hydrogen-bond donors (Lipinski definition) is 1. The van der Waals surface area contributed by atoms with Crippen LogP contribution in [-0.2, 0) is 11.2 Å². The molecule has 0 aliphatic heterocycles. The molecule has 2 aliphatic rings. The molecular formula is C16H25NOS. The van der Waals surface area contributed by atoms with Gasteiger partial charge in [0.05, 0.1) is 6.61 Å². The second-order valence-electron chi connectivity index (χ2n) is 6.47. The van der Waals surface area contributed by atoms with Crippen molar-refractivity contribution in [1.82, 2.24) is 5.32 Å². The van der Waals surface area contributed by atoms with Gasteiger partial charge in [-0.2, -0.15) is 11.3 Å². The number of nitrogens with one attached hydrogen (secondary N) is 1. The molecule has 2 saturated carbocycles. The zero-order chi connectivity index (χ0) is 13.1. The first-order valence-corrected chi connectivity index (χ1v) is 8.46. The summed E-state index contributed by atoms with van der Waals surface area (Å²) in [6.45, 7) is 3.01. The molecule has 0 aromatic carbocycles. The lowest BCUT2D eigenvalue weighted by Crippen LogP contribution is -2.35. The highest BCUT2D eigenvalue weighted by Gasteiger charge is 2.52. The Morgan fingerprint density at radius 1 is 1.42 bits per heavy atom. The van der Waals surface area contributed by atoms with Gasteiger partial charge >= 0.3 is 0 Å². The summed E-state index contributed by atoms with van der Waals surface area (Å²) >= 11 is 1.82. The van der Waals surface area contributed by atoms with E-state index in [-0.39, 0.29) is 0 Å². The van der Waals surface area contributed by atoms with Gasteiger partial charge < -0.3 is 10.1 Å². The third kappa shape index (κ3) is 3.39. The van der Waals surface area contributed by atoms with Crippen LogP contribution in [0.2, 0.25) is 0 Å². The SMILES string of the molecule is COCCNCC1(CCc2ccsc2)CC2CC2C1. The van der Waals surface area contributed by atoms with Gasteiger partial charge in [0.15, 0.2) is 0 Å². The van der Waals surface area contributed by atoms with Crippen molar-refractivity contribution in [3.8, 4) is 0 Å². The summed E-state index contributed by atoms with van der Waals surface area (Å²) in [5.41, 5.74) is 2.10. The number of aryl methyl sites for hydroxylation is 1. The maximum atomic E-state index is 5.13. The van der Waals surface area contributed by atoms with E-state index in [0.29, 0.717) is 5.41 Å². The largest absolute Gasteiger partial charge is 0.383 e. The van der Waals surface area contributed by atoms with Gasteiger partial charge in [0.25, 0.3) is 0 Å². The third-order valence-electron chi connectivity index (χ3n) is 4.97. The normalized spacial score (nSPS) is 32.5. The van der Waals surface area contributed by atoms with Crippen molar-refractivity contribution in [2.45, 2.75) is 32.1 Å². The van der Waals surface area contributed by atoms with Crippen LogP contribution in [-0.4, -0.2) is 26.8 Å². The van der Waals surface area contributed by atoms with Crippen LogP contribution < -0.4 is 5.32 Å². The minimum absolute atomic E-state index is 0.573. The molecule has 1 N–H and O–H groups in total. The highest BCUT2D eigenvalue weighted by molar-refractivity contribution is 7.07. The molecule has 1 heterocycles. The topological polar surface area (TPSA) is 21.3 Å². The van der Waals surface area contributed by atoms with Crippen LogP contribution in [0.5, 0.6) is 0 Å². The van der Waals surface area contributed by atoms with Crippen molar-refractivity contribution in [3.63, 3.8) is 0 Å². The Morgan fingerprint density at radius 3 is 2.95 bits per heavy atom. The van der Waals surface area contributed by atoms with E-state index in [4.69, 9.17) is 4.74 Å². The predicted octanol–water partition coefficient (Wildman–Crippen LogP) is 3.33. The number of methoxy groups -OCH3 is 1. The van der Waals surface area contributed by atoms with E-state index in [2.05, 4.69) is 22.1 Å². The highest BCUT2D eigenvalue weighted by atomic mass is 32.1. The molecule has 2 atom stereocenters. The lowest BCUT2D eigenvalue weighted by Gasteiger charge is -2.31. The molecular weight excluding hydrogens is 254 g/mol. The van der Waals surface area contributed by atoms with Crippen LogP contribution in [0.15, 0.2) is 16.8 Å². The molecule has 106 valence electrons. The van der Waals surface area contributed by atoms with Gasteiger partial charge in [0.1, 0.15) is 0 Å². The average molecular weight is 279 g/mol. The number of rotatable bonds is 8. The summed E-state index contributed by atoms with van der Waals surface area (Å²) in [7, 11) is 1.78. The smallest absolute Gasteiger partial charge is 0.0587 e. The highest BCUT2D eigenvalue weighted by Crippen LogP contribution is 2.61. The van der Waals surface area contributed by atoms with E-state index in [9.17, 15) is 0 Å². The molecule has 3 heteroatoms. The van der Waals surface area contributed by atoms with Crippen molar-refractivity contribution < 1.29 is 4.74 Å². The van der Waals surface area contributed by atoms with E-state index in [1.54, 1.807) is 7.11 Å². The third-order valence-corrected chi connectivity index (χ3v) is 5.70. The van der Waals surface area contributed by atoms with Crippen LogP contribution in [0.3, 0.4) is 0 Å². The summed E-state index contributed by atoms with van der Waals surface area (Å²) in [6.07, 6.45) is 7.05. The zero-order valence-electron chi connectivity index (χ0n) is 11.9. The maximum absolute atomic E-state index is 5.13. The zero-order valence-corrected chi connectivity index (χ0v) is 12.7. The second-order valence-corrected chi connectivity index (χ2v) is 7.25. The Balaban J connectivity index is 1.51. The van der Waals surface area contributed by atoms with Crippen molar-refractivity contribution in [2.75, 3.05) is 26.8 Å². The van der Waals surface area contributed by atoms with Gasteiger partial charge in [-0.1, -0.05) is 0 Å². The number of ether oxygens (including phenoxy) is 1. The van der Waals surface area contributed by atoms with Crippen LogP contribution >= 0.6 is 11.3 Å². The summed E-state index contributed by atoms with van der Waals surface area (Å²) in [5.74, 6) is 2.12. The van der Waals surface area contributed by atoms with Gasteiger partial charge in [-0.15, -0.1) is 0 Å². The van der Waals surface area contributed by atoms with Gasteiger partial charge in [-0.3, -0.25) is 0 Å². The molecule has 1 aromatic rings. The van der Waals surface area contributed by atoms with E-state index >= 15 is 0 Å². The monoisotopic (exact) mass is 279 g/mol. The Morgan fingerprint density at radius 2 is 2.26 bits per heavy atom. The van der Waals surface area contributed by atoms with Gasteiger partial charge in [0.2, 0.25) is 0 Å². The molecule has 19 heavy (non-hydrogen) atoms. The van der Waals surface area contributed by atoms with Crippen molar-refractivity contribution in [1.29, 1.82) is 0 Å². The standard InChI is InChI=1S/C16H25NOS/c1-18-6-5-17-12-16(9-14-8-15(14)10-16)4-2-13-3-7-19-11-13/h3,7,11,14-15,17H,2,4-6,8-10,12H2,1H3.